The van der Waals surface area contributed by atoms with Crippen molar-refractivity contribution in [2.24, 2.45) is 7.05 Å². The summed E-state index contributed by atoms with van der Waals surface area (Å²) in [5.74, 6) is 0.207. The highest BCUT2D eigenvalue weighted by molar-refractivity contribution is 7.07. The standard InChI is InChI=1S/C16H20N4O2S/c1-3-5-22-10-13-8-20(9-14-16(13)19(2)18-17-14)15(21)7-12-4-6-23-11-12/h3-4,6,11,13H,1,5,7-10H2,2H3. The second kappa shape index (κ2) is 7.06. The molecular formula is C16H20N4O2S. The van der Waals surface area contributed by atoms with Crippen molar-refractivity contribution in [3.8, 4) is 0 Å². The summed E-state index contributed by atoms with van der Waals surface area (Å²) in [5.41, 5.74) is 2.99. The minimum Gasteiger partial charge on any atom is -0.377 e. The first-order chi connectivity index (χ1) is 11.2. The van der Waals surface area contributed by atoms with Crippen molar-refractivity contribution in [2.45, 2.75) is 18.9 Å². The average Bonchev–Trinajstić information content (AvgIpc) is 3.17. The lowest BCUT2D eigenvalue weighted by Gasteiger charge is -2.32. The molecule has 0 saturated carbocycles. The van der Waals surface area contributed by atoms with E-state index in [-0.39, 0.29) is 11.8 Å². The molecule has 2 aromatic rings. The van der Waals surface area contributed by atoms with Crippen LogP contribution in [0.1, 0.15) is 22.9 Å². The molecule has 1 unspecified atom stereocenters. The fourth-order valence-electron chi connectivity index (χ4n) is 2.91. The average molecular weight is 332 g/mol. The first-order valence-electron chi connectivity index (χ1n) is 7.55. The van der Waals surface area contributed by atoms with E-state index in [0.29, 0.717) is 32.7 Å². The Balaban J connectivity index is 1.74. The fraction of sp³-hybridized carbons (Fsp3) is 0.438. The zero-order chi connectivity index (χ0) is 16.2. The smallest absolute Gasteiger partial charge is 0.227 e. The van der Waals surface area contributed by atoms with E-state index in [9.17, 15) is 4.79 Å². The van der Waals surface area contributed by atoms with Crippen molar-refractivity contribution >= 4 is 17.2 Å². The molecule has 0 radical (unpaired) electrons. The molecule has 0 aromatic carbocycles. The maximum Gasteiger partial charge on any atom is 0.227 e. The van der Waals surface area contributed by atoms with Crippen molar-refractivity contribution in [3.05, 3.63) is 46.4 Å². The molecule has 122 valence electrons. The number of amides is 1. The first-order valence-corrected chi connectivity index (χ1v) is 8.49. The molecule has 0 N–H and O–H groups in total. The van der Waals surface area contributed by atoms with Crippen LogP contribution in [-0.2, 0) is 29.5 Å². The Bertz CT molecular complexity index is 680. The van der Waals surface area contributed by atoms with Gasteiger partial charge in [0, 0.05) is 19.5 Å². The maximum absolute atomic E-state index is 12.6. The van der Waals surface area contributed by atoms with Crippen LogP contribution in [0.2, 0.25) is 0 Å². The highest BCUT2D eigenvalue weighted by Gasteiger charge is 2.32. The van der Waals surface area contributed by atoms with E-state index >= 15 is 0 Å². The van der Waals surface area contributed by atoms with E-state index in [2.05, 4.69) is 16.9 Å². The third-order valence-electron chi connectivity index (χ3n) is 3.95. The van der Waals surface area contributed by atoms with Crippen molar-refractivity contribution in [1.82, 2.24) is 19.9 Å². The number of hydrogen-bond donors (Lipinski definition) is 0. The van der Waals surface area contributed by atoms with Gasteiger partial charge in [0.05, 0.1) is 31.9 Å². The molecule has 0 spiro atoms. The Morgan fingerprint density at radius 2 is 2.48 bits per heavy atom. The quantitative estimate of drug-likeness (QED) is 0.597. The Morgan fingerprint density at radius 3 is 3.22 bits per heavy atom. The van der Waals surface area contributed by atoms with Gasteiger partial charge in [-0.3, -0.25) is 9.48 Å². The van der Waals surface area contributed by atoms with Gasteiger partial charge >= 0.3 is 0 Å². The van der Waals surface area contributed by atoms with Crippen LogP contribution in [-0.4, -0.2) is 45.6 Å². The molecular weight excluding hydrogens is 312 g/mol. The SMILES string of the molecule is C=CCOCC1CN(C(=O)Cc2ccsc2)Cc2nnn(C)c21. The lowest BCUT2D eigenvalue weighted by atomic mass is 9.98. The van der Waals surface area contributed by atoms with Crippen LogP contribution in [0.5, 0.6) is 0 Å². The molecule has 3 heterocycles. The number of carbonyl (C=O) groups excluding carboxylic acids is 1. The number of aromatic nitrogens is 3. The van der Waals surface area contributed by atoms with Crippen LogP contribution < -0.4 is 0 Å². The Kier molecular flexibility index (Phi) is 4.88. The summed E-state index contributed by atoms with van der Waals surface area (Å²) in [6.07, 6.45) is 2.16. The summed E-state index contributed by atoms with van der Waals surface area (Å²) < 4.78 is 7.40. The van der Waals surface area contributed by atoms with E-state index in [0.717, 1.165) is 17.0 Å². The van der Waals surface area contributed by atoms with Crippen LogP contribution in [0.25, 0.3) is 0 Å². The zero-order valence-electron chi connectivity index (χ0n) is 13.1. The van der Waals surface area contributed by atoms with E-state index in [1.807, 2.05) is 28.8 Å². The van der Waals surface area contributed by atoms with Gasteiger partial charge in [0.15, 0.2) is 0 Å². The molecule has 1 aliphatic heterocycles. The largest absolute Gasteiger partial charge is 0.377 e. The van der Waals surface area contributed by atoms with Gasteiger partial charge in [0.25, 0.3) is 0 Å². The van der Waals surface area contributed by atoms with Gasteiger partial charge in [-0.1, -0.05) is 11.3 Å². The molecule has 0 fully saturated rings. The number of hydrogen-bond acceptors (Lipinski definition) is 5. The van der Waals surface area contributed by atoms with Gasteiger partial charge in [-0.15, -0.1) is 11.7 Å². The van der Waals surface area contributed by atoms with Crippen LogP contribution in [0.3, 0.4) is 0 Å². The van der Waals surface area contributed by atoms with E-state index in [1.54, 1.807) is 22.1 Å². The van der Waals surface area contributed by atoms with Gasteiger partial charge < -0.3 is 9.64 Å². The normalized spacial score (nSPS) is 17.1. The minimum atomic E-state index is 0.0881. The predicted molar refractivity (Wildman–Crippen MR) is 88.2 cm³/mol. The van der Waals surface area contributed by atoms with Gasteiger partial charge in [0.1, 0.15) is 5.69 Å². The Morgan fingerprint density at radius 1 is 1.61 bits per heavy atom. The second-order valence-corrected chi connectivity index (χ2v) is 6.43. The molecule has 23 heavy (non-hydrogen) atoms. The number of thiophene rings is 1. The predicted octanol–water partition coefficient (Wildman–Crippen LogP) is 1.75. The number of rotatable bonds is 6. The monoisotopic (exact) mass is 332 g/mol. The van der Waals surface area contributed by atoms with Gasteiger partial charge in [-0.05, 0) is 22.4 Å². The van der Waals surface area contributed by atoms with Crippen molar-refractivity contribution in [1.29, 1.82) is 0 Å². The molecule has 1 amide bonds. The molecule has 1 aliphatic rings. The van der Waals surface area contributed by atoms with Crippen molar-refractivity contribution < 1.29 is 9.53 Å². The zero-order valence-corrected chi connectivity index (χ0v) is 14.0. The molecule has 7 heteroatoms. The van der Waals surface area contributed by atoms with Gasteiger partial charge in [0.2, 0.25) is 5.91 Å². The summed E-state index contributed by atoms with van der Waals surface area (Å²) in [6, 6.07) is 1.99. The first kappa shape index (κ1) is 15.9. The van der Waals surface area contributed by atoms with Crippen LogP contribution in [0, 0.1) is 0 Å². The second-order valence-electron chi connectivity index (χ2n) is 5.65. The maximum atomic E-state index is 12.6. The molecule has 1 atom stereocenters. The summed E-state index contributed by atoms with van der Waals surface area (Å²) in [7, 11) is 1.88. The third kappa shape index (κ3) is 3.51. The Hall–Kier alpha value is -1.99. The summed E-state index contributed by atoms with van der Waals surface area (Å²) in [4.78, 5) is 14.4. The summed E-state index contributed by atoms with van der Waals surface area (Å²) in [6.45, 7) is 5.84. The van der Waals surface area contributed by atoms with E-state index in [1.165, 1.54) is 0 Å². The molecule has 6 nitrogen and oxygen atoms in total. The minimum absolute atomic E-state index is 0.0881. The number of fused-ring (bicyclic) bond motifs is 1. The third-order valence-corrected chi connectivity index (χ3v) is 4.69. The molecule has 0 saturated heterocycles. The summed E-state index contributed by atoms with van der Waals surface area (Å²) in [5, 5.41) is 12.3. The highest BCUT2D eigenvalue weighted by atomic mass is 32.1. The highest BCUT2D eigenvalue weighted by Crippen LogP contribution is 2.27. The topological polar surface area (TPSA) is 60.2 Å². The van der Waals surface area contributed by atoms with Crippen molar-refractivity contribution in [3.63, 3.8) is 0 Å². The van der Waals surface area contributed by atoms with Crippen LogP contribution in [0.15, 0.2) is 29.5 Å². The molecule has 2 aromatic heterocycles. The molecule has 3 rings (SSSR count). The number of aryl methyl sites for hydroxylation is 1. The molecule has 0 aliphatic carbocycles. The summed E-state index contributed by atoms with van der Waals surface area (Å²) >= 11 is 1.61. The van der Waals surface area contributed by atoms with Crippen LogP contribution in [0.4, 0.5) is 0 Å². The Labute approximate surface area is 139 Å². The van der Waals surface area contributed by atoms with Crippen LogP contribution >= 0.6 is 11.3 Å². The van der Waals surface area contributed by atoms with Gasteiger partial charge in [-0.2, -0.15) is 11.3 Å². The molecule has 0 bridgehead atoms. The lowest BCUT2D eigenvalue weighted by molar-refractivity contribution is -0.132. The number of carbonyl (C=O) groups is 1. The van der Waals surface area contributed by atoms with E-state index in [4.69, 9.17) is 4.74 Å². The lowest BCUT2D eigenvalue weighted by Crippen LogP contribution is -2.41. The number of ether oxygens (including phenoxy) is 1. The van der Waals surface area contributed by atoms with Crippen molar-refractivity contribution in [2.75, 3.05) is 19.8 Å². The van der Waals surface area contributed by atoms with E-state index < -0.39 is 0 Å². The fourth-order valence-corrected chi connectivity index (χ4v) is 3.58. The van der Waals surface area contributed by atoms with Gasteiger partial charge in [-0.25, -0.2) is 0 Å². The number of nitrogens with zero attached hydrogens (tertiary/aromatic N) is 4.